The Bertz CT molecular complexity index is 1650. The summed E-state index contributed by atoms with van der Waals surface area (Å²) in [4.78, 5) is 43.9. The summed E-state index contributed by atoms with van der Waals surface area (Å²) >= 11 is 6.08. The SMILES string of the molecule is CC(=O)c1c(O)c(C)c(O)c2c1OC1=CC(=O)/C(=C(/C)NCc3nc4cc(Cl)ccc4n3C)C(=O)[C@]12C. The van der Waals surface area contributed by atoms with Crippen LogP contribution in [0.5, 0.6) is 17.2 Å². The minimum absolute atomic E-state index is 0.0101. The average Bonchev–Trinajstić information content (AvgIpc) is 3.30. The van der Waals surface area contributed by atoms with Crippen molar-refractivity contribution >= 4 is 40.0 Å². The molecule has 9 nitrogen and oxygen atoms in total. The van der Waals surface area contributed by atoms with Crippen LogP contribution in [0.25, 0.3) is 11.0 Å². The maximum atomic E-state index is 13.9. The predicted octanol–water partition coefficient (Wildman–Crippen LogP) is 3.90. The summed E-state index contributed by atoms with van der Waals surface area (Å²) in [7, 11) is 1.86. The maximum Gasteiger partial charge on any atom is 0.194 e. The number of ether oxygens (including phenoxy) is 1. The molecule has 0 unspecified atom stereocenters. The molecule has 0 saturated heterocycles. The molecule has 10 heteroatoms. The van der Waals surface area contributed by atoms with Gasteiger partial charge in [0.25, 0.3) is 0 Å². The Kier molecular flexibility index (Phi) is 5.45. The van der Waals surface area contributed by atoms with Crippen molar-refractivity contribution in [1.82, 2.24) is 14.9 Å². The first-order valence-electron chi connectivity index (χ1n) is 11.5. The second-order valence-electron chi connectivity index (χ2n) is 9.46. The molecule has 0 spiro atoms. The molecule has 0 amide bonds. The van der Waals surface area contributed by atoms with Crippen LogP contribution >= 0.6 is 11.6 Å². The zero-order valence-electron chi connectivity index (χ0n) is 20.8. The third-order valence-corrected chi connectivity index (χ3v) is 7.44. The number of nitrogens with one attached hydrogen (secondary N) is 1. The van der Waals surface area contributed by atoms with Gasteiger partial charge in [-0.05, 0) is 45.9 Å². The molecule has 1 aromatic heterocycles. The fraction of sp³-hybridized carbons (Fsp3) is 0.259. The van der Waals surface area contributed by atoms with E-state index in [1.807, 2.05) is 17.7 Å². The van der Waals surface area contributed by atoms with E-state index < -0.39 is 28.5 Å². The van der Waals surface area contributed by atoms with Crippen molar-refractivity contribution in [2.24, 2.45) is 7.05 Å². The Hall–Kier alpha value is -4.11. The number of hydrogen-bond donors (Lipinski definition) is 3. The van der Waals surface area contributed by atoms with E-state index >= 15 is 0 Å². The molecular formula is C27H24ClN3O6. The van der Waals surface area contributed by atoms with Gasteiger partial charge in [-0.2, -0.15) is 0 Å². The van der Waals surface area contributed by atoms with E-state index in [0.29, 0.717) is 16.5 Å². The quantitative estimate of drug-likeness (QED) is 0.268. The summed E-state index contributed by atoms with van der Waals surface area (Å²) < 4.78 is 7.68. The Morgan fingerprint density at radius 2 is 1.92 bits per heavy atom. The number of aryl methyl sites for hydroxylation is 1. The molecular weight excluding hydrogens is 498 g/mol. The van der Waals surface area contributed by atoms with Gasteiger partial charge in [-0.15, -0.1) is 0 Å². The zero-order valence-corrected chi connectivity index (χ0v) is 21.6. The highest BCUT2D eigenvalue weighted by atomic mass is 35.5. The summed E-state index contributed by atoms with van der Waals surface area (Å²) in [6, 6.07) is 5.39. The second kappa shape index (κ2) is 8.21. The molecule has 0 radical (unpaired) electrons. The van der Waals surface area contributed by atoms with Gasteiger partial charge in [0.15, 0.2) is 17.3 Å². The lowest BCUT2D eigenvalue weighted by atomic mass is 9.70. The number of phenolic OH excluding ortho intramolecular Hbond substituents is 2. The highest BCUT2D eigenvalue weighted by molar-refractivity contribution is 6.31. The molecule has 5 rings (SSSR count). The van der Waals surface area contributed by atoms with E-state index in [2.05, 4.69) is 10.3 Å². The number of aromatic nitrogens is 2. The molecule has 2 aliphatic rings. The Balaban J connectivity index is 1.57. The number of benzene rings is 2. The Morgan fingerprint density at radius 1 is 1.22 bits per heavy atom. The van der Waals surface area contributed by atoms with Crippen molar-refractivity contribution < 1.29 is 29.3 Å². The van der Waals surface area contributed by atoms with Crippen LogP contribution in [0.1, 0.15) is 48.1 Å². The fourth-order valence-corrected chi connectivity index (χ4v) is 5.21. The molecule has 2 aromatic carbocycles. The third kappa shape index (κ3) is 3.37. The topological polar surface area (TPSA) is 131 Å². The number of hydrogen-bond acceptors (Lipinski definition) is 8. The van der Waals surface area contributed by atoms with Crippen LogP contribution in [-0.2, 0) is 28.6 Å². The number of phenols is 2. The predicted molar refractivity (Wildman–Crippen MR) is 136 cm³/mol. The summed E-state index contributed by atoms with van der Waals surface area (Å²) in [5.74, 6) is -1.92. The van der Waals surface area contributed by atoms with Crippen LogP contribution in [0.4, 0.5) is 0 Å². The summed E-state index contributed by atoms with van der Waals surface area (Å²) in [6.45, 7) is 6.06. The van der Waals surface area contributed by atoms with E-state index in [0.717, 1.165) is 11.0 Å². The number of carbonyl (C=O) groups is 3. The highest BCUT2D eigenvalue weighted by Gasteiger charge is 2.56. The van der Waals surface area contributed by atoms with Crippen LogP contribution in [-0.4, -0.2) is 37.1 Å². The van der Waals surface area contributed by atoms with E-state index in [1.165, 1.54) is 26.8 Å². The normalized spacial score (nSPS) is 19.9. The number of halogens is 1. The van der Waals surface area contributed by atoms with Gasteiger partial charge in [-0.25, -0.2) is 4.98 Å². The number of nitrogens with zero attached hydrogens (tertiary/aromatic N) is 2. The highest BCUT2D eigenvalue weighted by Crippen LogP contribution is 2.57. The first kappa shape index (κ1) is 24.6. The summed E-state index contributed by atoms with van der Waals surface area (Å²) in [6.07, 6.45) is 1.19. The number of rotatable bonds is 4. The number of aromatic hydroxyl groups is 2. The molecule has 1 aliphatic heterocycles. The van der Waals surface area contributed by atoms with Crippen LogP contribution in [0.15, 0.2) is 41.3 Å². The Labute approximate surface area is 217 Å². The van der Waals surface area contributed by atoms with Crippen molar-refractivity contribution in [3.8, 4) is 17.2 Å². The first-order valence-corrected chi connectivity index (χ1v) is 11.9. The van der Waals surface area contributed by atoms with E-state index in [9.17, 15) is 24.6 Å². The number of imidazole rings is 1. The molecule has 190 valence electrons. The molecule has 1 aliphatic carbocycles. The largest absolute Gasteiger partial charge is 0.507 e. The van der Waals surface area contributed by atoms with Crippen LogP contribution < -0.4 is 10.1 Å². The van der Waals surface area contributed by atoms with Crippen LogP contribution in [0.2, 0.25) is 5.02 Å². The van der Waals surface area contributed by atoms with Crippen molar-refractivity contribution in [3.05, 3.63) is 68.8 Å². The van der Waals surface area contributed by atoms with Crippen molar-refractivity contribution in [2.45, 2.75) is 39.7 Å². The molecule has 3 N–H and O–H groups in total. The zero-order chi connectivity index (χ0) is 27.0. The minimum atomic E-state index is -1.57. The van der Waals surface area contributed by atoms with E-state index in [-0.39, 0.29) is 46.1 Å². The standard InChI is InChI=1S/C27H24ClN3O6/c1-11-23(34)21(13(3)32)25-22(24(11)35)27(4)18(37-25)9-17(33)20(26(27)36)12(2)29-10-19-30-15-8-14(28)6-7-16(15)31(19)5/h6-9,29,34-35H,10H2,1-5H3/b20-12+/t27-/m1/s1. The molecule has 2 heterocycles. The molecule has 0 bridgehead atoms. The van der Waals surface area contributed by atoms with E-state index in [4.69, 9.17) is 16.3 Å². The maximum absolute atomic E-state index is 13.9. The lowest BCUT2D eigenvalue weighted by molar-refractivity contribution is -0.123. The monoisotopic (exact) mass is 521 g/mol. The van der Waals surface area contributed by atoms with Gasteiger partial charge < -0.3 is 24.8 Å². The molecule has 0 saturated carbocycles. The molecule has 0 fully saturated rings. The molecule has 3 aromatic rings. The molecule has 1 atom stereocenters. The van der Waals surface area contributed by atoms with Gasteiger partial charge in [0.2, 0.25) is 0 Å². The second-order valence-corrected chi connectivity index (χ2v) is 9.90. The van der Waals surface area contributed by atoms with E-state index in [1.54, 1.807) is 19.1 Å². The summed E-state index contributed by atoms with van der Waals surface area (Å²) in [5.41, 5.74) is 0.207. The average molecular weight is 522 g/mol. The van der Waals surface area contributed by atoms with Crippen LogP contribution in [0, 0.1) is 6.92 Å². The number of fused-ring (bicyclic) bond motifs is 4. The number of Topliss-reactive ketones (excluding diaryl/α,β-unsaturated/α-hetero) is 2. The third-order valence-electron chi connectivity index (χ3n) is 7.21. The van der Waals surface area contributed by atoms with Gasteiger partial charge in [0.05, 0.1) is 28.7 Å². The fourth-order valence-electron chi connectivity index (χ4n) is 5.04. The summed E-state index contributed by atoms with van der Waals surface area (Å²) in [5, 5.41) is 25.1. The van der Waals surface area contributed by atoms with Gasteiger partial charge >= 0.3 is 0 Å². The van der Waals surface area contributed by atoms with Gasteiger partial charge in [0.1, 0.15) is 39.8 Å². The van der Waals surface area contributed by atoms with Crippen molar-refractivity contribution in [2.75, 3.05) is 0 Å². The minimum Gasteiger partial charge on any atom is -0.507 e. The smallest absolute Gasteiger partial charge is 0.194 e. The van der Waals surface area contributed by atoms with Crippen molar-refractivity contribution in [3.63, 3.8) is 0 Å². The molecule has 37 heavy (non-hydrogen) atoms. The van der Waals surface area contributed by atoms with Gasteiger partial charge in [-0.3, -0.25) is 14.4 Å². The number of allylic oxidation sites excluding steroid dienone is 4. The van der Waals surface area contributed by atoms with Crippen molar-refractivity contribution in [1.29, 1.82) is 0 Å². The van der Waals surface area contributed by atoms with Gasteiger partial charge in [0, 0.05) is 29.4 Å². The van der Waals surface area contributed by atoms with Crippen LogP contribution in [0.3, 0.4) is 0 Å². The Morgan fingerprint density at radius 3 is 2.59 bits per heavy atom. The number of carbonyl (C=O) groups excluding carboxylic acids is 3. The lowest BCUT2D eigenvalue weighted by Gasteiger charge is -2.29. The first-order chi connectivity index (χ1) is 17.4. The number of ketones is 3. The lowest BCUT2D eigenvalue weighted by Crippen LogP contribution is -2.41. The van der Waals surface area contributed by atoms with Gasteiger partial charge in [-0.1, -0.05) is 11.6 Å².